The maximum atomic E-state index is 14.9. The van der Waals surface area contributed by atoms with Gasteiger partial charge in [0.2, 0.25) is 5.91 Å². The fraction of sp³-hybridized carbons (Fsp3) is 0.548. The van der Waals surface area contributed by atoms with Crippen molar-refractivity contribution in [1.29, 1.82) is 0 Å². The largest absolute Gasteiger partial charge is 0.506 e. The van der Waals surface area contributed by atoms with Gasteiger partial charge in [-0.3, -0.25) is 14.4 Å². The number of carbonyl (C=O) groups is 3. The zero-order valence-corrected chi connectivity index (χ0v) is 31.9. The van der Waals surface area contributed by atoms with Crippen molar-refractivity contribution in [3.8, 4) is 17.2 Å². The van der Waals surface area contributed by atoms with E-state index >= 15 is 0 Å². The predicted molar refractivity (Wildman–Crippen MR) is 198 cm³/mol. The summed E-state index contributed by atoms with van der Waals surface area (Å²) in [7, 11) is 3.88. The molecule has 1 amide bonds. The molecule has 3 aliphatic carbocycles. The summed E-state index contributed by atoms with van der Waals surface area (Å²) in [6, 6.07) is 0. The summed E-state index contributed by atoms with van der Waals surface area (Å²) >= 11 is 0. The number of ether oxygens (including phenoxy) is 3. The lowest BCUT2D eigenvalue weighted by Crippen LogP contribution is -2.72. The lowest BCUT2D eigenvalue weighted by atomic mass is 9.51. The van der Waals surface area contributed by atoms with E-state index in [0.29, 0.717) is 60.4 Å². The zero-order valence-electron chi connectivity index (χ0n) is 31.9. The SMILES string of the molecule is CC(C)=CCCC1(C)C=Cc2c(O)c3c(c(CC=C(C)C)c2O1)OC12C(=CC4CC1C(C)(C)OC2(C/C=C(/C)C(=O)NCCN(C)C)C4=O)C3=O. The Morgan fingerprint density at radius 3 is 2.39 bits per heavy atom. The molecule has 0 aromatic heterocycles. The van der Waals surface area contributed by atoms with E-state index in [2.05, 4.69) is 31.3 Å². The van der Waals surface area contributed by atoms with Gasteiger partial charge in [0.25, 0.3) is 0 Å². The van der Waals surface area contributed by atoms with Crippen molar-refractivity contribution in [2.75, 3.05) is 27.2 Å². The molecule has 3 heterocycles. The average Bonchev–Trinajstić information content (AvgIpc) is 3.19. The number of likely N-dealkylation sites (N-methyl/N-ethyl adjacent to an activating group) is 1. The number of ketones is 2. The van der Waals surface area contributed by atoms with Gasteiger partial charge < -0.3 is 29.5 Å². The molecule has 1 saturated carbocycles. The third-order valence-electron chi connectivity index (χ3n) is 11.4. The molecule has 274 valence electrons. The highest BCUT2D eigenvalue weighted by Gasteiger charge is 2.81. The fourth-order valence-electron chi connectivity index (χ4n) is 8.71. The van der Waals surface area contributed by atoms with Gasteiger partial charge in [-0.2, -0.15) is 0 Å². The van der Waals surface area contributed by atoms with Crippen molar-refractivity contribution < 1.29 is 33.7 Å². The van der Waals surface area contributed by atoms with E-state index in [0.717, 1.165) is 12.0 Å². The smallest absolute Gasteiger partial charge is 0.246 e. The number of hydrogen-bond donors (Lipinski definition) is 2. The van der Waals surface area contributed by atoms with E-state index in [1.165, 1.54) is 5.57 Å². The summed E-state index contributed by atoms with van der Waals surface area (Å²) in [6.07, 6.45) is 14.0. The molecule has 6 aliphatic rings. The summed E-state index contributed by atoms with van der Waals surface area (Å²) in [5, 5.41) is 14.8. The van der Waals surface area contributed by atoms with Crippen LogP contribution in [0.5, 0.6) is 17.2 Å². The van der Waals surface area contributed by atoms with Gasteiger partial charge in [-0.1, -0.05) is 35.5 Å². The topological polar surface area (TPSA) is 114 Å². The fourth-order valence-corrected chi connectivity index (χ4v) is 8.71. The van der Waals surface area contributed by atoms with Gasteiger partial charge in [0.05, 0.1) is 11.2 Å². The first-order chi connectivity index (χ1) is 23.9. The highest BCUT2D eigenvalue weighted by atomic mass is 16.6. The number of Topliss-reactive ketones (excluding diaryl/α,β-unsaturated/α-hetero) is 2. The van der Waals surface area contributed by atoms with E-state index in [-0.39, 0.29) is 46.9 Å². The Labute approximate surface area is 302 Å². The number of rotatable bonds is 11. The van der Waals surface area contributed by atoms with Crippen molar-refractivity contribution in [3.63, 3.8) is 0 Å². The summed E-state index contributed by atoms with van der Waals surface area (Å²) in [5.41, 5.74) is -0.251. The summed E-state index contributed by atoms with van der Waals surface area (Å²) in [6.45, 7) is 17.0. The molecule has 0 radical (unpaired) electrons. The van der Waals surface area contributed by atoms with Crippen LogP contribution in [-0.4, -0.2) is 77.1 Å². The molecule has 4 bridgehead atoms. The Balaban J connectivity index is 1.50. The van der Waals surface area contributed by atoms with E-state index in [4.69, 9.17) is 14.2 Å². The number of amides is 1. The summed E-state index contributed by atoms with van der Waals surface area (Å²) in [4.78, 5) is 44.6. The summed E-state index contributed by atoms with van der Waals surface area (Å²) in [5.74, 6) is -1.13. The number of phenolic OH excluding ortho intramolecular Hbond substituents is 1. The van der Waals surface area contributed by atoms with Crippen LogP contribution in [0.15, 0.2) is 52.7 Å². The van der Waals surface area contributed by atoms with Crippen molar-refractivity contribution in [3.05, 3.63) is 69.4 Å². The van der Waals surface area contributed by atoms with Crippen molar-refractivity contribution in [2.45, 2.75) is 110 Å². The number of fused-ring (bicyclic) bond motifs is 2. The Morgan fingerprint density at radius 2 is 1.73 bits per heavy atom. The number of nitrogens with one attached hydrogen (secondary N) is 1. The van der Waals surface area contributed by atoms with Gasteiger partial charge >= 0.3 is 0 Å². The van der Waals surface area contributed by atoms with Crippen LogP contribution in [0.3, 0.4) is 0 Å². The number of aromatic hydroxyl groups is 1. The molecular formula is C42H54N2O7. The highest BCUT2D eigenvalue weighted by molar-refractivity contribution is 6.19. The minimum atomic E-state index is -1.56. The van der Waals surface area contributed by atoms with Crippen molar-refractivity contribution >= 4 is 23.5 Å². The van der Waals surface area contributed by atoms with E-state index in [1.807, 2.05) is 65.8 Å². The lowest BCUT2D eigenvalue weighted by molar-refractivity contribution is -0.171. The average molecular weight is 699 g/mol. The third kappa shape index (κ3) is 5.90. The standard InChI is InChI=1S/C42H54N2O7/c1-24(2)12-11-17-40(8)18-16-28-33(45)32-34(46)30-22-27-23-31-39(6,7)51-41(37(27)47,19-15-26(5)38(48)43-20-21-44(9)10)42(30,31)50-36(32)29(35(28)49-40)14-13-25(3)4/h12-13,15-16,18,22,27,31,45H,11,14,17,19-21,23H2,1-10H3,(H,43,48)/b26-15-. The second-order valence-electron chi connectivity index (χ2n) is 16.5. The van der Waals surface area contributed by atoms with Crippen LogP contribution in [0.4, 0.5) is 0 Å². The predicted octanol–water partition coefficient (Wildman–Crippen LogP) is 6.83. The number of phenols is 1. The van der Waals surface area contributed by atoms with Crippen molar-refractivity contribution in [1.82, 2.24) is 10.2 Å². The molecule has 9 heteroatoms. The van der Waals surface area contributed by atoms with Crippen LogP contribution in [0.1, 0.15) is 103 Å². The molecule has 51 heavy (non-hydrogen) atoms. The minimum Gasteiger partial charge on any atom is -0.506 e. The van der Waals surface area contributed by atoms with Gasteiger partial charge in [-0.15, -0.1) is 0 Å². The zero-order chi connectivity index (χ0) is 37.3. The first-order valence-corrected chi connectivity index (χ1v) is 18.2. The van der Waals surface area contributed by atoms with Crippen LogP contribution in [0, 0.1) is 11.8 Å². The second-order valence-corrected chi connectivity index (χ2v) is 16.5. The van der Waals surface area contributed by atoms with Crippen LogP contribution < -0.4 is 14.8 Å². The molecular weight excluding hydrogens is 644 g/mol. The van der Waals surface area contributed by atoms with E-state index in [1.54, 1.807) is 19.1 Å². The van der Waals surface area contributed by atoms with Crippen LogP contribution >= 0.6 is 0 Å². The Hall–Kier alpha value is -3.95. The normalized spacial score (nSPS) is 29.4. The maximum absolute atomic E-state index is 14.9. The Bertz CT molecular complexity index is 1840. The molecule has 3 aliphatic heterocycles. The maximum Gasteiger partial charge on any atom is 0.246 e. The van der Waals surface area contributed by atoms with Gasteiger partial charge in [0.15, 0.2) is 22.8 Å². The molecule has 5 unspecified atom stereocenters. The highest BCUT2D eigenvalue weighted by Crippen LogP contribution is 2.68. The van der Waals surface area contributed by atoms with Gasteiger partial charge in [-0.25, -0.2) is 0 Å². The number of hydrogen-bond acceptors (Lipinski definition) is 8. The molecule has 7 rings (SSSR count). The molecule has 1 spiro atoms. The Kier molecular flexibility index (Phi) is 9.33. The molecule has 1 aromatic carbocycles. The number of benzene rings is 1. The molecule has 2 N–H and O–H groups in total. The third-order valence-corrected chi connectivity index (χ3v) is 11.4. The van der Waals surface area contributed by atoms with Crippen molar-refractivity contribution in [2.24, 2.45) is 11.8 Å². The molecule has 5 atom stereocenters. The molecule has 1 aromatic rings. The van der Waals surface area contributed by atoms with Gasteiger partial charge in [0, 0.05) is 48.1 Å². The van der Waals surface area contributed by atoms with Crippen LogP contribution in [-0.2, 0) is 20.7 Å². The second kappa shape index (κ2) is 12.9. The Morgan fingerprint density at radius 1 is 1.02 bits per heavy atom. The minimum absolute atomic E-state index is 0.0526. The van der Waals surface area contributed by atoms with Gasteiger partial charge in [0.1, 0.15) is 28.4 Å². The summed E-state index contributed by atoms with van der Waals surface area (Å²) < 4.78 is 21.0. The monoisotopic (exact) mass is 698 g/mol. The van der Waals surface area contributed by atoms with E-state index < -0.39 is 28.3 Å². The van der Waals surface area contributed by atoms with Crippen LogP contribution in [0.25, 0.3) is 6.08 Å². The van der Waals surface area contributed by atoms with E-state index in [9.17, 15) is 19.5 Å². The quantitative estimate of drug-likeness (QED) is 0.191. The lowest BCUT2D eigenvalue weighted by Gasteiger charge is -2.56. The first kappa shape index (κ1) is 36.8. The number of allylic oxidation sites excluding steroid dienone is 5. The number of carbonyl (C=O) groups excluding carboxylic acids is 3. The first-order valence-electron chi connectivity index (χ1n) is 18.2. The van der Waals surface area contributed by atoms with Gasteiger partial charge in [-0.05, 0) is 107 Å². The number of nitrogens with zero attached hydrogens (tertiary/aromatic N) is 1. The van der Waals surface area contributed by atoms with Crippen LogP contribution in [0.2, 0.25) is 0 Å². The molecule has 2 fully saturated rings. The molecule has 1 saturated heterocycles. The molecule has 9 nitrogen and oxygen atoms in total.